The van der Waals surface area contributed by atoms with Crippen LogP contribution in [0.3, 0.4) is 0 Å². The Bertz CT molecular complexity index is 1310. The third-order valence-corrected chi connectivity index (χ3v) is 7.30. The van der Waals surface area contributed by atoms with Crippen LogP contribution in [0.25, 0.3) is 11.3 Å². The molecule has 2 amide bonds. The molecule has 9 heteroatoms. The van der Waals surface area contributed by atoms with Gasteiger partial charge in [-0.2, -0.15) is 0 Å². The first-order valence-corrected chi connectivity index (χ1v) is 13.2. The van der Waals surface area contributed by atoms with Crippen LogP contribution in [0.5, 0.6) is 0 Å². The van der Waals surface area contributed by atoms with E-state index < -0.39 is 0 Å². The molecule has 0 N–H and O–H groups in total. The molecular formula is C28H29N5O3S. The summed E-state index contributed by atoms with van der Waals surface area (Å²) in [6.07, 6.45) is 2.38. The van der Waals surface area contributed by atoms with Gasteiger partial charge < -0.3 is 19.1 Å². The summed E-state index contributed by atoms with van der Waals surface area (Å²) in [4.78, 5) is 32.6. The quantitative estimate of drug-likeness (QED) is 0.361. The zero-order valence-electron chi connectivity index (χ0n) is 20.7. The molecule has 0 bridgehead atoms. The minimum Gasteiger partial charge on any atom is -0.467 e. The number of aryl methyl sites for hydroxylation is 1. The number of aromatic nitrogens is 2. The molecule has 0 aliphatic carbocycles. The molecule has 8 nitrogen and oxygen atoms in total. The third-order valence-electron chi connectivity index (χ3n) is 6.44. The highest BCUT2D eigenvalue weighted by Gasteiger charge is 2.26. The van der Waals surface area contributed by atoms with Crippen molar-refractivity contribution in [2.45, 2.75) is 19.9 Å². The Kier molecular flexibility index (Phi) is 7.60. The average molecular weight is 516 g/mol. The summed E-state index contributed by atoms with van der Waals surface area (Å²) in [5.41, 5.74) is 3.08. The van der Waals surface area contributed by atoms with Gasteiger partial charge in [-0.05, 0) is 49.1 Å². The van der Waals surface area contributed by atoms with E-state index in [-0.39, 0.29) is 24.9 Å². The molecule has 1 aliphatic heterocycles. The lowest BCUT2D eigenvalue weighted by molar-refractivity contribution is -0.131. The average Bonchev–Trinajstić information content (AvgIpc) is 3.59. The van der Waals surface area contributed by atoms with Crippen LogP contribution in [0.1, 0.15) is 27.4 Å². The molecule has 1 aromatic carbocycles. The second kappa shape index (κ2) is 11.4. The van der Waals surface area contributed by atoms with E-state index in [1.165, 1.54) is 16.9 Å². The van der Waals surface area contributed by atoms with Crippen molar-refractivity contribution in [3.63, 3.8) is 0 Å². The predicted molar refractivity (Wildman–Crippen MR) is 143 cm³/mol. The molecule has 1 aliphatic rings. The summed E-state index contributed by atoms with van der Waals surface area (Å²) in [6, 6.07) is 19.4. The van der Waals surface area contributed by atoms with Crippen molar-refractivity contribution in [1.82, 2.24) is 20.0 Å². The van der Waals surface area contributed by atoms with Crippen LogP contribution >= 0.6 is 11.3 Å². The second-order valence-electron chi connectivity index (χ2n) is 9.08. The molecule has 190 valence electrons. The van der Waals surface area contributed by atoms with Crippen molar-refractivity contribution in [3.05, 3.63) is 88.5 Å². The van der Waals surface area contributed by atoms with E-state index in [2.05, 4.69) is 34.2 Å². The lowest BCUT2D eigenvalue weighted by atomic mass is 10.1. The van der Waals surface area contributed by atoms with Crippen LogP contribution in [0, 0.1) is 6.92 Å². The fourth-order valence-electron chi connectivity index (χ4n) is 4.38. The number of nitrogens with zero attached hydrogens (tertiary/aromatic N) is 5. The van der Waals surface area contributed by atoms with E-state index in [0.29, 0.717) is 30.3 Å². The van der Waals surface area contributed by atoms with Gasteiger partial charge in [-0.25, -0.2) is 0 Å². The molecule has 0 spiro atoms. The molecule has 0 atom stereocenters. The van der Waals surface area contributed by atoms with Gasteiger partial charge in [0.2, 0.25) is 5.91 Å². The number of carbonyl (C=O) groups is 2. The highest BCUT2D eigenvalue weighted by Crippen LogP contribution is 2.20. The van der Waals surface area contributed by atoms with E-state index in [1.54, 1.807) is 23.3 Å². The molecule has 5 rings (SSSR count). The van der Waals surface area contributed by atoms with Gasteiger partial charge in [-0.15, -0.1) is 21.5 Å². The predicted octanol–water partition coefficient (Wildman–Crippen LogP) is 4.49. The standard InChI is InChI=1S/C28H29N5O3S/c1-21-7-9-22(10-8-21)24-11-12-26(30-29-24)31-13-4-14-32(16-15-31)27(34)20-33(19-23-5-2-17-36-23)28(35)25-6-3-18-37-25/h2-3,5-12,17-18H,4,13-16,19-20H2,1H3. The van der Waals surface area contributed by atoms with Crippen molar-refractivity contribution in [2.75, 3.05) is 37.6 Å². The van der Waals surface area contributed by atoms with E-state index >= 15 is 0 Å². The van der Waals surface area contributed by atoms with E-state index in [1.807, 2.05) is 46.7 Å². The van der Waals surface area contributed by atoms with E-state index in [4.69, 9.17) is 4.42 Å². The SMILES string of the molecule is Cc1ccc(-c2ccc(N3CCCN(C(=O)CN(Cc4ccco4)C(=O)c4cccs4)CC3)nn2)cc1. The minimum absolute atomic E-state index is 0.00247. The zero-order chi connectivity index (χ0) is 25.6. The molecule has 1 saturated heterocycles. The first kappa shape index (κ1) is 24.7. The van der Waals surface area contributed by atoms with Gasteiger partial charge in [0.05, 0.1) is 23.4 Å². The number of thiophene rings is 1. The number of hydrogen-bond acceptors (Lipinski definition) is 7. The maximum Gasteiger partial charge on any atom is 0.264 e. The number of benzene rings is 1. The molecule has 0 saturated carbocycles. The summed E-state index contributed by atoms with van der Waals surface area (Å²) in [6.45, 7) is 4.94. The van der Waals surface area contributed by atoms with Crippen molar-refractivity contribution in [3.8, 4) is 11.3 Å². The van der Waals surface area contributed by atoms with Gasteiger partial charge in [-0.3, -0.25) is 9.59 Å². The van der Waals surface area contributed by atoms with Gasteiger partial charge in [0.1, 0.15) is 12.3 Å². The molecule has 0 unspecified atom stereocenters. The zero-order valence-corrected chi connectivity index (χ0v) is 21.6. The topological polar surface area (TPSA) is 82.8 Å². The molecule has 4 heterocycles. The second-order valence-corrected chi connectivity index (χ2v) is 10.0. The van der Waals surface area contributed by atoms with Crippen molar-refractivity contribution < 1.29 is 14.0 Å². The largest absolute Gasteiger partial charge is 0.467 e. The van der Waals surface area contributed by atoms with Crippen molar-refractivity contribution in [1.29, 1.82) is 0 Å². The Balaban J connectivity index is 1.22. The van der Waals surface area contributed by atoms with Crippen LogP contribution in [-0.4, -0.2) is 64.5 Å². The first-order chi connectivity index (χ1) is 18.1. The Morgan fingerprint density at radius 2 is 1.84 bits per heavy atom. The molecule has 3 aromatic heterocycles. The Morgan fingerprint density at radius 3 is 2.54 bits per heavy atom. The van der Waals surface area contributed by atoms with Gasteiger partial charge >= 0.3 is 0 Å². The van der Waals surface area contributed by atoms with Crippen molar-refractivity contribution in [2.24, 2.45) is 0 Å². The lowest BCUT2D eigenvalue weighted by Crippen LogP contribution is -2.43. The van der Waals surface area contributed by atoms with Gasteiger partial charge in [0, 0.05) is 31.7 Å². The molecule has 0 radical (unpaired) electrons. The molecular weight excluding hydrogens is 486 g/mol. The summed E-state index contributed by atoms with van der Waals surface area (Å²) in [7, 11) is 0. The highest BCUT2D eigenvalue weighted by molar-refractivity contribution is 7.12. The molecule has 37 heavy (non-hydrogen) atoms. The Labute approximate surface area is 220 Å². The van der Waals surface area contributed by atoms with Crippen LogP contribution in [0.2, 0.25) is 0 Å². The smallest absolute Gasteiger partial charge is 0.264 e. The van der Waals surface area contributed by atoms with Crippen LogP contribution in [-0.2, 0) is 11.3 Å². The first-order valence-electron chi connectivity index (χ1n) is 12.4. The van der Waals surface area contributed by atoms with Crippen LogP contribution in [0.15, 0.2) is 76.7 Å². The van der Waals surface area contributed by atoms with Gasteiger partial charge in [0.15, 0.2) is 5.82 Å². The van der Waals surface area contributed by atoms with E-state index in [9.17, 15) is 9.59 Å². The summed E-state index contributed by atoms with van der Waals surface area (Å²) in [5, 5.41) is 10.8. The molecule has 1 fully saturated rings. The highest BCUT2D eigenvalue weighted by atomic mass is 32.1. The maximum absolute atomic E-state index is 13.3. The van der Waals surface area contributed by atoms with Crippen LogP contribution in [0.4, 0.5) is 5.82 Å². The lowest BCUT2D eigenvalue weighted by Gasteiger charge is -2.26. The normalized spacial score (nSPS) is 13.9. The van der Waals surface area contributed by atoms with Gasteiger partial charge in [-0.1, -0.05) is 35.9 Å². The summed E-state index contributed by atoms with van der Waals surface area (Å²) in [5.74, 6) is 1.21. The number of furan rings is 1. The fraction of sp³-hybridized carbons (Fsp3) is 0.286. The number of hydrogen-bond donors (Lipinski definition) is 0. The summed E-state index contributed by atoms with van der Waals surface area (Å²) >= 11 is 1.37. The number of amides is 2. The number of carbonyl (C=O) groups excluding carboxylic acids is 2. The molecule has 4 aromatic rings. The maximum atomic E-state index is 13.3. The third kappa shape index (κ3) is 6.06. The van der Waals surface area contributed by atoms with Crippen LogP contribution < -0.4 is 4.90 Å². The minimum atomic E-state index is -0.167. The Morgan fingerprint density at radius 1 is 0.973 bits per heavy atom. The monoisotopic (exact) mass is 515 g/mol. The Hall–Kier alpha value is -3.98. The fourth-order valence-corrected chi connectivity index (χ4v) is 5.07. The van der Waals surface area contributed by atoms with E-state index in [0.717, 1.165) is 30.0 Å². The summed E-state index contributed by atoms with van der Waals surface area (Å²) < 4.78 is 5.45. The van der Waals surface area contributed by atoms with Gasteiger partial charge in [0.25, 0.3) is 5.91 Å². The number of anilines is 1. The van der Waals surface area contributed by atoms with Crippen molar-refractivity contribution >= 4 is 29.0 Å². The number of rotatable bonds is 7.